The lowest BCUT2D eigenvalue weighted by molar-refractivity contribution is -0.123. The molecule has 3 N–H and O–H groups in total. The number of nitrogens with zero attached hydrogens (tertiary/aromatic N) is 3. The largest absolute Gasteiger partial charge is 0.507 e. The number of nitriles is 1. The summed E-state index contributed by atoms with van der Waals surface area (Å²) in [5.74, 6) is -1.85. The second-order valence-corrected chi connectivity index (χ2v) is 10.3. The van der Waals surface area contributed by atoms with Gasteiger partial charge in [-0.05, 0) is 52.7 Å². The summed E-state index contributed by atoms with van der Waals surface area (Å²) in [4.78, 5) is 45.9. The van der Waals surface area contributed by atoms with Crippen LogP contribution in [0.4, 0.5) is 5.82 Å². The summed E-state index contributed by atoms with van der Waals surface area (Å²) in [7, 11) is 0. The van der Waals surface area contributed by atoms with Crippen LogP contribution < -0.4 is 15.0 Å². The monoisotopic (exact) mass is 528 g/mol. The van der Waals surface area contributed by atoms with Crippen LogP contribution in [0.2, 0.25) is 0 Å². The zero-order chi connectivity index (χ0) is 28.2. The number of phenolic OH excluding ortho intramolecular Hbond substituents is 2. The zero-order valence-corrected chi connectivity index (χ0v) is 22.1. The van der Waals surface area contributed by atoms with E-state index in [1.54, 1.807) is 32.2 Å². The van der Waals surface area contributed by atoms with E-state index < -0.39 is 28.5 Å². The second kappa shape index (κ2) is 9.27. The molecule has 2 aromatic rings. The number of anilines is 1. The molecule has 1 aromatic heterocycles. The Morgan fingerprint density at radius 1 is 1.23 bits per heavy atom. The Labute approximate surface area is 225 Å². The van der Waals surface area contributed by atoms with E-state index in [-0.39, 0.29) is 45.6 Å². The van der Waals surface area contributed by atoms with Gasteiger partial charge in [0, 0.05) is 42.7 Å². The molecule has 1 aromatic carbocycles. The highest BCUT2D eigenvalue weighted by Gasteiger charge is 2.56. The molecule has 0 spiro atoms. The van der Waals surface area contributed by atoms with Crippen molar-refractivity contribution in [1.82, 2.24) is 10.3 Å². The Bertz CT molecular complexity index is 1560. The van der Waals surface area contributed by atoms with Gasteiger partial charge in [-0.3, -0.25) is 14.4 Å². The molecule has 1 fully saturated rings. The van der Waals surface area contributed by atoms with Gasteiger partial charge in [-0.25, -0.2) is 4.98 Å². The fraction of sp³-hybridized carbons (Fsp3) is 0.345. The molecule has 0 saturated carbocycles. The number of carbonyl (C=O) groups excluding carboxylic acids is 3. The van der Waals surface area contributed by atoms with Crippen LogP contribution in [0.25, 0.3) is 0 Å². The van der Waals surface area contributed by atoms with Gasteiger partial charge in [0.2, 0.25) is 0 Å². The van der Waals surface area contributed by atoms with E-state index in [0.29, 0.717) is 43.0 Å². The first-order valence-corrected chi connectivity index (χ1v) is 12.7. The van der Waals surface area contributed by atoms with Crippen molar-refractivity contribution in [3.8, 4) is 23.3 Å². The molecule has 0 amide bonds. The number of rotatable bonds is 4. The number of allylic oxidation sites excluding steroid dienone is 4. The molecule has 0 bridgehead atoms. The van der Waals surface area contributed by atoms with Gasteiger partial charge in [0.25, 0.3) is 0 Å². The third-order valence-electron chi connectivity index (χ3n) is 7.88. The lowest BCUT2D eigenvalue weighted by atomic mass is 9.70. The number of carbonyl (C=O) groups is 3. The van der Waals surface area contributed by atoms with Crippen molar-refractivity contribution in [2.75, 3.05) is 18.0 Å². The Morgan fingerprint density at radius 2 is 1.92 bits per heavy atom. The molecule has 1 aliphatic carbocycles. The van der Waals surface area contributed by atoms with Crippen molar-refractivity contribution in [2.24, 2.45) is 0 Å². The van der Waals surface area contributed by atoms with E-state index >= 15 is 0 Å². The number of fused-ring (bicyclic) bond motifs is 3. The number of aromatic hydroxyl groups is 2. The number of benzene rings is 1. The number of pyridine rings is 1. The normalized spacial score (nSPS) is 21.9. The molecule has 1 saturated heterocycles. The summed E-state index contributed by atoms with van der Waals surface area (Å²) >= 11 is 0. The number of hydrogen-bond acceptors (Lipinski definition) is 10. The summed E-state index contributed by atoms with van der Waals surface area (Å²) in [6.07, 6.45) is 4.26. The number of ketones is 3. The summed E-state index contributed by atoms with van der Waals surface area (Å²) in [5, 5.41) is 34.2. The average molecular weight is 529 g/mol. The first-order chi connectivity index (χ1) is 18.5. The van der Waals surface area contributed by atoms with Gasteiger partial charge in [0.1, 0.15) is 45.9 Å². The van der Waals surface area contributed by atoms with Crippen LogP contribution in [0, 0.1) is 18.3 Å². The van der Waals surface area contributed by atoms with Crippen molar-refractivity contribution in [3.05, 3.63) is 63.7 Å². The first kappa shape index (κ1) is 26.0. The SMILES string of the molecule is CC(=O)c1c(O)c(C)c(O)c2c1OC1=CC(=O)C(=C(C)NC3CCN(c4ncccc4C#N)CC3)C(=O)C12C. The molecule has 1 unspecified atom stereocenters. The fourth-order valence-electron chi connectivity index (χ4n) is 5.71. The molecule has 1 atom stereocenters. The average Bonchev–Trinajstić information content (AvgIpc) is 3.20. The van der Waals surface area contributed by atoms with Gasteiger partial charge in [0.15, 0.2) is 17.3 Å². The highest BCUT2D eigenvalue weighted by Crippen LogP contribution is 2.57. The highest BCUT2D eigenvalue weighted by atomic mass is 16.5. The Balaban J connectivity index is 1.45. The second-order valence-electron chi connectivity index (χ2n) is 10.3. The summed E-state index contributed by atoms with van der Waals surface area (Å²) in [6.45, 7) is 7.20. The first-order valence-electron chi connectivity index (χ1n) is 12.7. The van der Waals surface area contributed by atoms with Crippen LogP contribution >= 0.6 is 0 Å². The van der Waals surface area contributed by atoms with E-state index in [4.69, 9.17) is 4.74 Å². The number of nitrogens with one attached hydrogen (secondary N) is 1. The minimum absolute atomic E-state index is 0.00353. The maximum absolute atomic E-state index is 14.0. The van der Waals surface area contributed by atoms with E-state index in [1.807, 2.05) is 4.90 Å². The van der Waals surface area contributed by atoms with Crippen molar-refractivity contribution < 1.29 is 29.3 Å². The maximum atomic E-state index is 14.0. The quantitative estimate of drug-likeness (QED) is 0.306. The molecular formula is C29H28N4O6. The van der Waals surface area contributed by atoms with E-state index in [1.165, 1.54) is 19.9 Å². The molecule has 39 heavy (non-hydrogen) atoms. The third-order valence-corrected chi connectivity index (χ3v) is 7.88. The predicted octanol–water partition coefficient (Wildman–Crippen LogP) is 3.09. The van der Waals surface area contributed by atoms with Gasteiger partial charge >= 0.3 is 0 Å². The number of phenols is 2. The van der Waals surface area contributed by atoms with Crippen molar-refractivity contribution in [3.63, 3.8) is 0 Å². The van der Waals surface area contributed by atoms with Gasteiger partial charge in [-0.2, -0.15) is 5.26 Å². The summed E-state index contributed by atoms with van der Waals surface area (Å²) in [6, 6.07) is 5.60. The Morgan fingerprint density at radius 3 is 2.56 bits per heavy atom. The van der Waals surface area contributed by atoms with Gasteiger partial charge in [0.05, 0.1) is 16.7 Å². The Kier molecular flexibility index (Phi) is 6.18. The number of Topliss-reactive ketones (excluding diaryl/α,β-unsaturated/α-hetero) is 2. The zero-order valence-electron chi connectivity index (χ0n) is 22.1. The van der Waals surface area contributed by atoms with Gasteiger partial charge in [-0.1, -0.05) is 0 Å². The minimum Gasteiger partial charge on any atom is -0.507 e. The molecule has 0 radical (unpaired) electrons. The van der Waals surface area contributed by atoms with E-state index in [9.17, 15) is 29.9 Å². The van der Waals surface area contributed by atoms with Crippen LogP contribution in [0.5, 0.6) is 17.2 Å². The summed E-state index contributed by atoms with van der Waals surface area (Å²) < 4.78 is 5.82. The lowest BCUT2D eigenvalue weighted by Gasteiger charge is -2.35. The minimum atomic E-state index is -1.55. The molecule has 5 rings (SSSR count). The fourth-order valence-corrected chi connectivity index (χ4v) is 5.71. The highest BCUT2D eigenvalue weighted by molar-refractivity contribution is 6.31. The molecule has 200 valence electrons. The predicted molar refractivity (Wildman–Crippen MR) is 141 cm³/mol. The van der Waals surface area contributed by atoms with Crippen molar-refractivity contribution in [2.45, 2.75) is 52.0 Å². The van der Waals surface area contributed by atoms with E-state index in [2.05, 4.69) is 16.4 Å². The molecule has 3 aliphatic rings. The van der Waals surface area contributed by atoms with Crippen LogP contribution in [-0.4, -0.2) is 51.7 Å². The number of piperidine rings is 1. The van der Waals surface area contributed by atoms with Crippen molar-refractivity contribution >= 4 is 23.2 Å². The third kappa shape index (κ3) is 3.84. The summed E-state index contributed by atoms with van der Waals surface area (Å²) in [5.41, 5.74) is -0.711. The van der Waals surface area contributed by atoms with Crippen LogP contribution in [0.3, 0.4) is 0 Å². The number of hydrogen-bond donors (Lipinski definition) is 3. The maximum Gasteiger partial charge on any atom is 0.194 e. The topological polar surface area (TPSA) is 153 Å². The smallest absolute Gasteiger partial charge is 0.194 e. The van der Waals surface area contributed by atoms with Gasteiger partial charge in [-0.15, -0.1) is 0 Å². The van der Waals surface area contributed by atoms with Crippen molar-refractivity contribution in [1.29, 1.82) is 5.26 Å². The van der Waals surface area contributed by atoms with E-state index in [0.717, 1.165) is 0 Å². The van der Waals surface area contributed by atoms with Crippen LogP contribution in [0.15, 0.2) is 41.4 Å². The molecule has 3 heterocycles. The number of ether oxygens (including phenoxy) is 1. The van der Waals surface area contributed by atoms with Gasteiger partial charge < -0.3 is 25.2 Å². The molecule has 10 heteroatoms. The van der Waals surface area contributed by atoms with Crippen LogP contribution in [0.1, 0.15) is 60.7 Å². The molecule has 2 aliphatic heterocycles. The number of aromatic nitrogens is 1. The van der Waals surface area contributed by atoms with Crippen LogP contribution in [-0.2, 0) is 15.0 Å². The molecule has 10 nitrogen and oxygen atoms in total. The standard InChI is InChI=1S/C29H28N4O6/c1-14-24(36)22(16(3)34)26-23(25(14)37)29(4)20(39-26)12-19(35)21(27(29)38)15(2)32-18-7-10-33(11-8-18)28-17(13-30)6-5-9-31-28/h5-6,9,12,18,32,36-37H,7-8,10-11H2,1-4H3. The lowest BCUT2D eigenvalue weighted by Crippen LogP contribution is -2.45. The Hall–Kier alpha value is -4.65. The molecular weight excluding hydrogens is 500 g/mol.